The minimum Gasteiger partial charge on any atom is -0.389 e. The second-order valence-electron chi connectivity index (χ2n) is 5.90. The topological polar surface area (TPSA) is 20.2 Å². The predicted octanol–water partition coefficient (Wildman–Crippen LogP) is 4.33. The van der Waals surface area contributed by atoms with E-state index >= 15 is 0 Å². The van der Waals surface area contributed by atoms with Crippen LogP contribution in [-0.4, -0.2) is 5.11 Å². The van der Waals surface area contributed by atoms with Crippen LogP contribution in [0.5, 0.6) is 0 Å². The van der Waals surface area contributed by atoms with E-state index in [1.807, 2.05) is 19.1 Å². The zero-order valence-electron chi connectivity index (χ0n) is 11.0. The third kappa shape index (κ3) is 2.98. The fraction of sp³-hybridized carbons (Fsp3) is 0.500. The molecule has 17 heavy (non-hydrogen) atoms. The summed E-state index contributed by atoms with van der Waals surface area (Å²) in [5, 5.41) is 9.61. The average Bonchev–Trinajstić information content (AvgIpc) is 2.29. The minimum atomic E-state index is -0.379. The van der Waals surface area contributed by atoms with Crippen molar-refractivity contribution in [3.05, 3.63) is 41.5 Å². The summed E-state index contributed by atoms with van der Waals surface area (Å²) in [6, 6.07) is 8.30. The maximum Gasteiger partial charge on any atom is 0.0762 e. The van der Waals surface area contributed by atoms with Gasteiger partial charge in [0.15, 0.2) is 0 Å². The van der Waals surface area contributed by atoms with Gasteiger partial charge in [-0.25, -0.2) is 0 Å². The molecule has 0 amide bonds. The molecule has 1 heteroatoms. The van der Waals surface area contributed by atoms with E-state index in [0.717, 1.165) is 18.4 Å². The van der Waals surface area contributed by atoms with Gasteiger partial charge >= 0.3 is 0 Å². The average molecular weight is 230 g/mol. The summed E-state index contributed by atoms with van der Waals surface area (Å²) in [7, 11) is 0. The molecule has 1 aliphatic rings. The van der Waals surface area contributed by atoms with Crippen LogP contribution in [0.25, 0.3) is 5.57 Å². The zero-order chi connectivity index (χ0) is 12.5. The van der Waals surface area contributed by atoms with Gasteiger partial charge in [0.1, 0.15) is 0 Å². The van der Waals surface area contributed by atoms with Crippen LogP contribution in [-0.2, 0) is 0 Å². The lowest BCUT2D eigenvalue weighted by atomic mass is 9.77. The van der Waals surface area contributed by atoms with E-state index in [0.29, 0.717) is 5.41 Å². The second-order valence-corrected chi connectivity index (χ2v) is 5.90. The highest BCUT2D eigenvalue weighted by Gasteiger charge is 2.21. The third-order valence-electron chi connectivity index (χ3n) is 3.71. The van der Waals surface area contributed by atoms with Crippen molar-refractivity contribution in [2.45, 2.75) is 46.1 Å². The Morgan fingerprint density at radius 1 is 1.29 bits per heavy atom. The van der Waals surface area contributed by atoms with Gasteiger partial charge in [0.05, 0.1) is 6.10 Å². The van der Waals surface area contributed by atoms with Crippen molar-refractivity contribution in [1.82, 2.24) is 0 Å². The zero-order valence-corrected chi connectivity index (χ0v) is 11.0. The Labute approximate surface area is 104 Å². The molecule has 0 aromatic heterocycles. The van der Waals surface area contributed by atoms with Gasteiger partial charge in [-0.05, 0) is 54.4 Å². The molecule has 0 bridgehead atoms. The minimum absolute atomic E-state index is 0.379. The van der Waals surface area contributed by atoms with Gasteiger partial charge in [-0.2, -0.15) is 0 Å². The first-order valence-electron chi connectivity index (χ1n) is 6.45. The van der Waals surface area contributed by atoms with Crippen LogP contribution in [0.15, 0.2) is 30.3 Å². The van der Waals surface area contributed by atoms with E-state index in [1.54, 1.807) is 0 Å². The van der Waals surface area contributed by atoms with E-state index in [9.17, 15) is 5.11 Å². The highest BCUT2D eigenvalue weighted by atomic mass is 16.3. The molecule has 1 aliphatic carbocycles. The maximum atomic E-state index is 9.61. The van der Waals surface area contributed by atoms with E-state index in [2.05, 4.69) is 32.1 Å². The predicted molar refractivity (Wildman–Crippen MR) is 72.7 cm³/mol. The Kier molecular flexibility index (Phi) is 3.39. The summed E-state index contributed by atoms with van der Waals surface area (Å²) < 4.78 is 0. The van der Waals surface area contributed by atoms with Crippen LogP contribution in [0, 0.1) is 5.41 Å². The van der Waals surface area contributed by atoms with Gasteiger partial charge in [-0.15, -0.1) is 0 Å². The molecule has 0 fully saturated rings. The molecule has 92 valence electrons. The molecular formula is C16H22O. The molecule has 1 atom stereocenters. The lowest BCUT2D eigenvalue weighted by Crippen LogP contribution is -2.14. The van der Waals surface area contributed by atoms with Gasteiger partial charge in [-0.1, -0.05) is 38.1 Å². The SMILES string of the molecule is CC(O)c1cccc(C2=CCC(C)(C)CC2)c1. The lowest BCUT2D eigenvalue weighted by molar-refractivity contribution is 0.199. The number of hydrogen-bond acceptors (Lipinski definition) is 1. The number of rotatable bonds is 2. The Morgan fingerprint density at radius 3 is 2.65 bits per heavy atom. The summed E-state index contributed by atoms with van der Waals surface area (Å²) in [6.07, 6.45) is 5.54. The normalized spacial score (nSPS) is 20.8. The van der Waals surface area contributed by atoms with Crippen molar-refractivity contribution in [3.8, 4) is 0 Å². The first-order chi connectivity index (χ1) is 7.98. The molecule has 0 aliphatic heterocycles. The molecule has 1 aromatic rings. The third-order valence-corrected chi connectivity index (χ3v) is 3.71. The highest BCUT2D eigenvalue weighted by molar-refractivity contribution is 5.67. The number of aliphatic hydroxyl groups is 1. The first-order valence-corrected chi connectivity index (χ1v) is 6.45. The Hall–Kier alpha value is -1.08. The standard InChI is InChI=1S/C16H22O/c1-12(17)14-5-4-6-15(11-14)13-7-9-16(2,3)10-8-13/h4-7,11-12,17H,8-10H2,1-3H3. The van der Waals surface area contributed by atoms with Crippen LogP contribution in [0.1, 0.15) is 57.3 Å². The van der Waals surface area contributed by atoms with Gasteiger partial charge in [0, 0.05) is 0 Å². The Morgan fingerprint density at radius 2 is 2.06 bits per heavy atom. The number of allylic oxidation sites excluding steroid dienone is 2. The van der Waals surface area contributed by atoms with Gasteiger partial charge < -0.3 is 5.11 Å². The summed E-state index contributed by atoms with van der Waals surface area (Å²) in [4.78, 5) is 0. The summed E-state index contributed by atoms with van der Waals surface area (Å²) in [5.41, 5.74) is 4.17. The first kappa shape index (κ1) is 12.4. The largest absolute Gasteiger partial charge is 0.389 e. The van der Waals surface area contributed by atoms with Crippen LogP contribution in [0.4, 0.5) is 0 Å². The molecule has 2 rings (SSSR count). The monoisotopic (exact) mass is 230 g/mol. The molecule has 0 spiro atoms. The summed E-state index contributed by atoms with van der Waals surface area (Å²) >= 11 is 0. The lowest BCUT2D eigenvalue weighted by Gasteiger charge is -2.28. The molecule has 1 aromatic carbocycles. The number of aliphatic hydroxyl groups excluding tert-OH is 1. The quantitative estimate of drug-likeness (QED) is 0.801. The van der Waals surface area contributed by atoms with E-state index < -0.39 is 0 Å². The molecular weight excluding hydrogens is 208 g/mol. The smallest absolute Gasteiger partial charge is 0.0762 e. The summed E-state index contributed by atoms with van der Waals surface area (Å²) in [6.45, 7) is 6.47. The van der Waals surface area contributed by atoms with Gasteiger partial charge in [0.2, 0.25) is 0 Å². The van der Waals surface area contributed by atoms with Crippen LogP contribution < -0.4 is 0 Å². The van der Waals surface area contributed by atoms with Crippen molar-refractivity contribution in [2.75, 3.05) is 0 Å². The van der Waals surface area contributed by atoms with E-state index in [4.69, 9.17) is 0 Å². The van der Waals surface area contributed by atoms with Crippen LogP contribution >= 0.6 is 0 Å². The van der Waals surface area contributed by atoms with E-state index in [1.165, 1.54) is 17.6 Å². The van der Waals surface area contributed by atoms with Crippen LogP contribution in [0.3, 0.4) is 0 Å². The van der Waals surface area contributed by atoms with E-state index in [-0.39, 0.29) is 6.10 Å². The Bertz CT molecular complexity index is 427. The van der Waals surface area contributed by atoms with Crippen molar-refractivity contribution >= 4 is 5.57 Å². The summed E-state index contributed by atoms with van der Waals surface area (Å²) in [5.74, 6) is 0. The van der Waals surface area contributed by atoms with Crippen molar-refractivity contribution in [2.24, 2.45) is 5.41 Å². The van der Waals surface area contributed by atoms with Gasteiger partial charge in [0.25, 0.3) is 0 Å². The molecule has 1 nitrogen and oxygen atoms in total. The van der Waals surface area contributed by atoms with Crippen LogP contribution in [0.2, 0.25) is 0 Å². The Balaban J connectivity index is 2.24. The van der Waals surface area contributed by atoms with Gasteiger partial charge in [-0.3, -0.25) is 0 Å². The van der Waals surface area contributed by atoms with Crippen molar-refractivity contribution in [1.29, 1.82) is 0 Å². The fourth-order valence-electron chi connectivity index (χ4n) is 2.34. The molecule has 1 unspecified atom stereocenters. The molecule has 1 N–H and O–H groups in total. The fourth-order valence-corrected chi connectivity index (χ4v) is 2.34. The van der Waals surface area contributed by atoms with Crippen molar-refractivity contribution < 1.29 is 5.11 Å². The number of benzene rings is 1. The molecule has 0 saturated heterocycles. The second kappa shape index (κ2) is 4.66. The molecule has 0 radical (unpaired) electrons. The molecule has 0 heterocycles. The number of hydrogen-bond donors (Lipinski definition) is 1. The molecule has 0 saturated carbocycles. The maximum absolute atomic E-state index is 9.61. The van der Waals surface area contributed by atoms with Crippen molar-refractivity contribution in [3.63, 3.8) is 0 Å². The highest BCUT2D eigenvalue weighted by Crippen LogP contribution is 2.38.